The van der Waals surface area contributed by atoms with E-state index in [-0.39, 0.29) is 5.75 Å². The molecule has 12 heavy (non-hydrogen) atoms. The lowest BCUT2D eigenvalue weighted by Crippen LogP contribution is -2.11. The minimum Gasteiger partial charge on any atom is -0.224 e. The summed E-state index contributed by atoms with van der Waals surface area (Å²) in [6.07, 6.45) is 4.59. The molecular formula is C9H16O2S. The number of rotatable bonds is 2. The fourth-order valence-corrected chi connectivity index (χ4v) is 2.56. The van der Waals surface area contributed by atoms with Gasteiger partial charge in [-0.2, -0.15) is 0 Å². The highest BCUT2D eigenvalue weighted by Crippen LogP contribution is 2.26. The molecule has 0 aromatic carbocycles. The number of hydrogen-bond acceptors (Lipinski definition) is 2. The monoisotopic (exact) mass is 188 g/mol. The lowest BCUT2D eigenvalue weighted by molar-refractivity contribution is 0.517. The summed E-state index contributed by atoms with van der Waals surface area (Å²) < 4.78 is 22.8. The summed E-state index contributed by atoms with van der Waals surface area (Å²) in [7, 11) is -2.88. The molecule has 0 fully saturated rings. The maximum atomic E-state index is 11.4. The van der Waals surface area contributed by atoms with E-state index in [0.29, 0.717) is 10.8 Å². The van der Waals surface area contributed by atoms with E-state index in [4.69, 9.17) is 0 Å². The number of hydrogen-bond donors (Lipinski definition) is 0. The van der Waals surface area contributed by atoms with Gasteiger partial charge >= 0.3 is 0 Å². The summed E-state index contributed by atoms with van der Waals surface area (Å²) in [5.74, 6) is 0.897. The Morgan fingerprint density at radius 2 is 2.25 bits per heavy atom. The second-order valence-corrected chi connectivity index (χ2v) is 5.78. The molecular weight excluding hydrogens is 172 g/mol. The first-order chi connectivity index (χ1) is 5.56. The average Bonchev–Trinajstić information content (AvgIpc) is 2.05. The van der Waals surface area contributed by atoms with Crippen molar-refractivity contribution in [3.63, 3.8) is 0 Å². The fraction of sp³-hybridized carbons (Fsp3) is 0.778. The van der Waals surface area contributed by atoms with E-state index < -0.39 is 9.84 Å². The van der Waals surface area contributed by atoms with Gasteiger partial charge in [0, 0.05) is 4.91 Å². The van der Waals surface area contributed by atoms with Crippen LogP contribution in [0, 0.1) is 5.92 Å². The van der Waals surface area contributed by atoms with Gasteiger partial charge in [0.05, 0.1) is 5.75 Å². The van der Waals surface area contributed by atoms with Gasteiger partial charge in [-0.3, -0.25) is 0 Å². The van der Waals surface area contributed by atoms with Crippen molar-refractivity contribution in [3.8, 4) is 0 Å². The molecule has 3 heteroatoms. The summed E-state index contributed by atoms with van der Waals surface area (Å²) in [6.45, 7) is 3.86. The molecule has 1 unspecified atom stereocenters. The van der Waals surface area contributed by atoms with Gasteiger partial charge in [0.15, 0.2) is 9.84 Å². The average molecular weight is 188 g/mol. The predicted molar refractivity (Wildman–Crippen MR) is 50.6 cm³/mol. The van der Waals surface area contributed by atoms with Crippen molar-refractivity contribution in [2.24, 2.45) is 5.92 Å². The number of allylic oxidation sites excluding steroid dienone is 2. The first-order valence-electron chi connectivity index (χ1n) is 4.48. The molecule has 0 aliphatic heterocycles. The molecule has 0 spiro atoms. The smallest absolute Gasteiger partial charge is 0.173 e. The van der Waals surface area contributed by atoms with Gasteiger partial charge in [-0.05, 0) is 25.2 Å². The van der Waals surface area contributed by atoms with Crippen LogP contribution in [0.4, 0.5) is 0 Å². The minimum absolute atomic E-state index is 0.243. The molecule has 1 atom stereocenters. The van der Waals surface area contributed by atoms with Gasteiger partial charge in [-0.1, -0.05) is 19.9 Å². The van der Waals surface area contributed by atoms with Gasteiger partial charge in [0.1, 0.15) is 0 Å². The van der Waals surface area contributed by atoms with Gasteiger partial charge in [0.25, 0.3) is 0 Å². The normalized spacial score (nSPS) is 25.2. The van der Waals surface area contributed by atoms with E-state index in [2.05, 4.69) is 6.92 Å². The summed E-state index contributed by atoms with van der Waals surface area (Å²) in [5.41, 5.74) is 0. The quantitative estimate of drug-likeness (QED) is 0.665. The molecule has 0 heterocycles. The maximum Gasteiger partial charge on any atom is 0.173 e. The summed E-state index contributed by atoms with van der Waals surface area (Å²) in [6, 6.07) is 0. The van der Waals surface area contributed by atoms with E-state index >= 15 is 0 Å². The lowest BCUT2D eigenvalue weighted by Gasteiger charge is -2.17. The Hall–Kier alpha value is -0.310. The highest BCUT2D eigenvalue weighted by atomic mass is 32.2. The summed E-state index contributed by atoms with van der Waals surface area (Å²) >= 11 is 0. The topological polar surface area (TPSA) is 34.1 Å². The van der Waals surface area contributed by atoms with Gasteiger partial charge in [0.2, 0.25) is 0 Å². The molecule has 1 rings (SSSR count). The van der Waals surface area contributed by atoms with Crippen molar-refractivity contribution >= 4 is 9.84 Å². The van der Waals surface area contributed by atoms with Gasteiger partial charge in [-0.15, -0.1) is 0 Å². The Morgan fingerprint density at radius 1 is 1.58 bits per heavy atom. The Bertz CT molecular complexity index is 275. The van der Waals surface area contributed by atoms with Crippen LogP contribution in [0.15, 0.2) is 11.0 Å². The van der Waals surface area contributed by atoms with Crippen molar-refractivity contribution in [3.05, 3.63) is 11.0 Å². The van der Waals surface area contributed by atoms with Crippen molar-refractivity contribution in [2.75, 3.05) is 5.75 Å². The Labute approximate surface area is 74.6 Å². The van der Waals surface area contributed by atoms with E-state index in [1.807, 2.05) is 6.08 Å². The third-order valence-corrected chi connectivity index (χ3v) is 4.34. The van der Waals surface area contributed by atoms with E-state index in [1.165, 1.54) is 0 Å². The number of sulfone groups is 1. The van der Waals surface area contributed by atoms with Crippen LogP contribution in [0.25, 0.3) is 0 Å². The first kappa shape index (κ1) is 9.78. The zero-order valence-corrected chi connectivity index (χ0v) is 8.52. The maximum absolute atomic E-state index is 11.4. The second kappa shape index (κ2) is 3.60. The molecule has 2 nitrogen and oxygen atoms in total. The Kier molecular flexibility index (Phi) is 2.94. The first-order valence-corrected chi connectivity index (χ1v) is 6.13. The molecule has 1 aliphatic carbocycles. The van der Waals surface area contributed by atoms with Gasteiger partial charge in [-0.25, -0.2) is 8.42 Å². The zero-order chi connectivity index (χ0) is 9.19. The van der Waals surface area contributed by atoms with E-state index in [0.717, 1.165) is 19.3 Å². The van der Waals surface area contributed by atoms with Crippen LogP contribution in [-0.4, -0.2) is 14.2 Å². The van der Waals surface area contributed by atoms with Crippen molar-refractivity contribution in [1.29, 1.82) is 0 Å². The lowest BCUT2D eigenvalue weighted by atomic mass is 9.96. The van der Waals surface area contributed by atoms with Crippen molar-refractivity contribution in [1.82, 2.24) is 0 Å². The summed E-state index contributed by atoms with van der Waals surface area (Å²) in [5, 5.41) is 0. The molecule has 0 bridgehead atoms. The largest absolute Gasteiger partial charge is 0.224 e. The molecule has 0 N–H and O–H groups in total. The highest BCUT2D eigenvalue weighted by Gasteiger charge is 2.19. The third-order valence-electron chi connectivity index (χ3n) is 2.41. The molecule has 70 valence electrons. The molecule has 0 radical (unpaired) electrons. The third kappa shape index (κ3) is 2.09. The van der Waals surface area contributed by atoms with Crippen LogP contribution < -0.4 is 0 Å². The molecule has 0 saturated carbocycles. The summed E-state index contributed by atoms with van der Waals surface area (Å²) in [4.78, 5) is 0.670. The van der Waals surface area contributed by atoms with Crippen LogP contribution in [0.3, 0.4) is 0 Å². The second-order valence-electron chi connectivity index (χ2n) is 3.45. The minimum atomic E-state index is -2.88. The van der Waals surface area contributed by atoms with Crippen LogP contribution >= 0.6 is 0 Å². The van der Waals surface area contributed by atoms with Crippen LogP contribution in [0.1, 0.15) is 33.1 Å². The molecule has 1 aliphatic rings. The Morgan fingerprint density at radius 3 is 2.67 bits per heavy atom. The van der Waals surface area contributed by atoms with Crippen LogP contribution in [0.2, 0.25) is 0 Å². The standard InChI is InChI=1S/C9H16O2S/c1-3-12(10,11)9-6-4-8(2)5-7-9/h6,8H,3-5,7H2,1-2H3. The van der Waals surface area contributed by atoms with Crippen LogP contribution in [0.5, 0.6) is 0 Å². The Balaban J connectivity index is 2.79. The molecule has 0 aromatic heterocycles. The zero-order valence-electron chi connectivity index (χ0n) is 7.71. The highest BCUT2D eigenvalue weighted by molar-refractivity contribution is 7.95. The van der Waals surface area contributed by atoms with Crippen LogP contribution in [-0.2, 0) is 9.84 Å². The molecule has 0 amide bonds. The molecule has 0 saturated heterocycles. The van der Waals surface area contributed by atoms with E-state index in [9.17, 15) is 8.42 Å². The van der Waals surface area contributed by atoms with Crippen molar-refractivity contribution in [2.45, 2.75) is 33.1 Å². The van der Waals surface area contributed by atoms with Gasteiger partial charge < -0.3 is 0 Å². The fourth-order valence-electron chi connectivity index (χ4n) is 1.41. The molecule has 0 aromatic rings. The predicted octanol–water partition coefficient (Wildman–Crippen LogP) is 2.12. The SMILES string of the molecule is CCS(=O)(=O)C1=CCC(C)CC1. The van der Waals surface area contributed by atoms with Crippen molar-refractivity contribution < 1.29 is 8.42 Å². The van der Waals surface area contributed by atoms with E-state index in [1.54, 1.807) is 6.92 Å².